The quantitative estimate of drug-likeness (QED) is 0.474. The van der Waals surface area contributed by atoms with Gasteiger partial charge in [-0.15, -0.1) is 0 Å². The Bertz CT molecular complexity index is 130. The number of aliphatic hydroxyl groups is 3. The van der Waals surface area contributed by atoms with Crippen molar-refractivity contribution in [3.8, 4) is 0 Å². The Balaban J connectivity index is 4.14. The molecule has 80 valence electrons. The molecular weight excluding hydrogens is 176 g/mol. The van der Waals surface area contributed by atoms with Gasteiger partial charge in [-0.25, -0.2) is 0 Å². The molecule has 0 aliphatic carbocycles. The van der Waals surface area contributed by atoms with Crippen molar-refractivity contribution in [2.24, 2.45) is 0 Å². The molecular formula is C8H18O5. The predicted octanol–water partition coefficient (Wildman–Crippen LogP) is -0.551. The van der Waals surface area contributed by atoms with Crippen molar-refractivity contribution in [3.63, 3.8) is 0 Å². The maximum absolute atomic E-state index is 9.56. The van der Waals surface area contributed by atoms with Crippen molar-refractivity contribution in [1.82, 2.24) is 0 Å². The van der Waals surface area contributed by atoms with Gasteiger partial charge in [-0.1, -0.05) is 6.92 Å². The lowest BCUT2D eigenvalue weighted by molar-refractivity contribution is -0.397. The summed E-state index contributed by atoms with van der Waals surface area (Å²) in [5.74, 6) is -2.08. The zero-order valence-corrected chi connectivity index (χ0v) is 8.06. The van der Waals surface area contributed by atoms with Gasteiger partial charge in [0.15, 0.2) is 6.10 Å². The largest absolute Gasteiger partial charge is 0.393 e. The van der Waals surface area contributed by atoms with Crippen LogP contribution in [0.25, 0.3) is 0 Å². The average molecular weight is 194 g/mol. The topological polar surface area (TPSA) is 79.2 Å². The third-order valence-corrected chi connectivity index (χ3v) is 1.46. The van der Waals surface area contributed by atoms with Gasteiger partial charge >= 0.3 is 5.97 Å². The smallest absolute Gasteiger partial charge is 0.310 e. The molecule has 0 fully saturated rings. The van der Waals surface area contributed by atoms with Crippen LogP contribution in [0.2, 0.25) is 0 Å². The fourth-order valence-electron chi connectivity index (χ4n) is 0.805. The predicted molar refractivity (Wildman–Crippen MR) is 45.9 cm³/mol. The minimum atomic E-state index is -2.08. The molecule has 0 aromatic heterocycles. The first-order valence-electron chi connectivity index (χ1n) is 4.39. The van der Waals surface area contributed by atoms with Crippen LogP contribution in [-0.4, -0.2) is 47.2 Å². The van der Waals surface area contributed by atoms with Gasteiger partial charge in [-0.05, 0) is 13.3 Å². The van der Waals surface area contributed by atoms with Crippen LogP contribution in [0.15, 0.2) is 0 Å². The molecule has 0 aromatic carbocycles. The van der Waals surface area contributed by atoms with E-state index < -0.39 is 18.7 Å². The standard InChI is InChI=1S/C8H18O5/c1-3-5-13-8(11,12-4-2)7(10)6-9/h7,9-11H,3-6H2,1-2H3. The van der Waals surface area contributed by atoms with E-state index >= 15 is 0 Å². The summed E-state index contributed by atoms with van der Waals surface area (Å²) in [4.78, 5) is 0. The molecule has 0 rings (SSSR count). The highest BCUT2D eigenvalue weighted by Crippen LogP contribution is 2.14. The first-order chi connectivity index (χ1) is 6.10. The molecule has 5 nitrogen and oxygen atoms in total. The summed E-state index contributed by atoms with van der Waals surface area (Å²) in [5, 5.41) is 27.4. The maximum atomic E-state index is 9.56. The molecule has 0 aliphatic heterocycles. The average Bonchev–Trinajstić information content (AvgIpc) is 2.14. The maximum Gasteiger partial charge on any atom is 0.310 e. The van der Waals surface area contributed by atoms with Gasteiger partial charge in [0.2, 0.25) is 0 Å². The molecule has 0 aromatic rings. The fourth-order valence-corrected chi connectivity index (χ4v) is 0.805. The summed E-state index contributed by atoms with van der Waals surface area (Å²) < 4.78 is 9.70. The second-order valence-corrected chi connectivity index (χ2v) is 2.61. The number of aliphatic hydroxyl groups excluding tert-OH is 2. The Morgan fingerprint density at radius 1 is 1.31 bits per heavy atom. The first kappa shape index (κ1) is 12.8. The van der Waals surface area contributed by atoms with Crippen molar-refractivity contribution in [2.45, 2.75) is 32.3 Å². The van der Waals surface area contributed by atoms with E-state index in [1.54, 1.807) is 6.92 Å². The summed E-state index contributed by atoms with van der Waals surface area (Å²) in [6.07, 6.45) is -0.757. The van der Waals surface area contributed by atoms with E-state index in [-0.39, 0.29) is 13.2 Å². The number of rotatable bonds is 7. The van der Waals surface area contributed by atoms with Crippen LogP contribution in [0.1, 0.15) is 20.3 Å². The van der Waals surface area contributed by atoms with E-state index in [9.17, 15) is 10.2 Å². The zero-order chi connectivity index (χ0) is 10.3. The Morgan fingerprint density at radius 2 is 1.92 bits per heavy atom. The van der Waals surface area contributed by atoms with Crippen LogP contribution in [0, 0.1) is 0 Å². The first-order valence-corrected chi connectivity index (χ1v) is 4.39. The van der Waals surface area contributed by atoms with Crippen LogP contribution in [0.4, 0.5) is 0 Å². The Kier molecular flexibility index (Phi) is 6.19. The molecule has 0 bridgehead atoms. The van der Waals surface area contributed by atoms with Gasteiger partial charge in [0.25, 0.3) is 0 Å². The van der Waals surface area contributed by atoms with Crippen molar-refractivity contribution >= 4 is 0 Å². The van der Waals surface area contributed by atoms with E-state index in [1.165, 1.54) is 0 Å². The third-order valence-electron chi connectivity index (χ3n) is 1.46. The van der Waals surface area contributed by atoms with E-state index in [0.29, 0.717) is 6.42 Å². The monoisotopic (exact) mass is 194 g/mol. The highest BCUT2D eigenvalue weighted by atomic mass is 16.8. The molecule has 0 heterocycles. The Morgan fingerprint density at radius 3 is 2.31 bits per heavy atom. The molecule has 3 N–H and O–H groups in total. The van der Waals surface area contributed by atoms with Gasteiger partial charge in [-0.2, -0.15) is 0 Å². The minimum Gasteiger partial charge on any atom is -0.393 e. The summed E-state index contributed by atoms with van der Waals surface area (Å²) in [7, 11) is 0. The van der Waals surface area contributed by atoms with E-state index in [1.807, 2.05) is 6.92 Å². The lowest BCUT2D eigenvalue weighted by atomic mass is 10.3. The molecule has 0 aliphatic rings. The molecule has 0 saturated heterocycles. The molecule has 0 spiro atoms. The van der Waals surface area contributed by atoms with Crippen LogP contribution in [-0.2, 0) is 9.47 Å². The number of hydrogen-bond acceptors (Lipinski definition) is 5. The fraction of sp³-hybridized carbons (Fsp3) is 1.00. The van der Waals surface area contributed by atoms with Gasteiger partial charge < -0.3 is 24.8 Å². The highest BCUT2D eigenvalue weighted by Gasteiger charge is 2.37. The van der Waals surface area contributed by atoms with Crippen molar-refractivity contribution in [2.75, 3.05) is 19.8 Å². The Labute approximate surface area is 77.9 Å². The normalized spacial score (nSPS) is 18.2. The molecule has 0 saturated carbocycles. The molecule has 5 heteroatoms. The van der Waals surface area contributed by atoms with E-state index in [4.69, 9.17) is 14.6 Å². The van der Waals surface area contributed by atoms with Crippen LogP contribution in [0.5, 0.6) is 0 Å². The summed E-state index contributed by atoms with van der Waals surface area (Å²) >= 11 is 0. The van der Waals surface area contributed by atoms with Gasteiger partial charge in [0.1, 0.15) is 0 Å². The SMILES string of the molecule is CCCOC(O)(OCC)C(O)CO. The molecule has 0 radical (unpaired) electrons. The second-order valence-electron chi connectivity index (χ2n) is 2.61. The van der Waals surface area contributed by atoms with E-state index in [0.717, 1.165) is 0 Å². The van der Waals surface area contributed by atoms with Crippen molar-refractivity contribution in [1.29, 1.82) is 0 Å². The van der Waals surface area contributed by atoms with Crippen molar-refractivity contribution < 1.29 is 24.8 Å². The summed E-state index contributed by atoms with van der Waals surface area (Å²) in [6.45, 7) is 3.35. The lowest BCUT2D eigenvalue weighted by Gasteiger charge is -2.30. The lowest BCUT2D eigenvalue weighted by Crippen LogP contribution is -2.49. The highest BCUT2D eigenvalue weighted by molar-refractivity contribution is 4.66. The zero-order valence-electron chi connectivity index (χ0n) is 8.06. The van der Waals surface area contributed by atoms with Crippen LogP contribution >= 0.6 is 0 Å². The van der Waals surface area contributed by atoms with Gasteiger partial charge in [-0.3, -0.25) is 0 Å². The van der Waals surface area contributed by atoms with E-state index in [2.05, 4.69) is 0 Å². The van der Waals surface area contributed by atoms with Gasteiger partial charge in [0, 0.05) is 6.61 Å². The van der Waals surface area contributed by atoms with Crippen LogP contribution in [0.3, 0.4) is 0 Å². The van der Waals surface area contributed by atoms with Crippen LogP contribution < -0.4 is 0 Å². The number of ether oxygens (including phenoxy) is 2. The third kappa shape index (κ3) is 4.02. The minimum absolute atomic E-state index is 0.192. The van der Waals surface area contributed by atoms with Crippen molar-refractivity contribution in [3.05, 3.63) is 0 Å². The Hall–Kier alpha value is -0.200. The summed E-state index contributed by atoms with van der Waals surface area (Å²) in [6, 6.07) is 0. The number of hydrogen-bond donors (Lipinski definition) is 3. The molecule has 2 atom stereocenters. The second kappa shape index (κ2) is 6.28. The molecule has 13 heavy (non-hydrogen) atoms. The summed E-state index contributed by atoms with van der Waals surface area (Å²) in [5.41, 5.74) is 0. The van der Waals surface area contributed by atoms with Gasteiger partial charge in [0.05, 0.1) is 13.2 Å². The molecule has 0 amide bonds. The molecule has 2 unspecified atom stereocenters.